The highest BCUT2D eigenvalue weighted by Crippen LogP contribution is 2.38. The molecule has 0 aliphatic heterocycles. The van der Waals surface area contributed by atoms with Crippen molar-refractivity contribution < 1.29 is 9.53 Å². The molecule has 2 saturated carbocycles. The molecule has 0 aromatic carbocycles. The average molecular weight is 274 g/mol. The van der Waals surface area contributed by atoms with Gasteiger partial charge in [-0.15, -0.1) is 11.6 Å². The molecule has 0 aromatic rings. The van der Waals surface area contributed by atoms with Crippen LogP contribution in [0.3, 0.4) is 0 Å². The van der Waals surface area contributed by atoms with Crippen molar-refractivity contribution in [1.29, 1.82) is 0 Å². The van der Waals surface area contributed by atoms with Crippen LogP contribution in [0.5, 0.6) is 0 Å². The molecular formula is C14H24ClNO2. The monoisotopic (exact) mass is 273 g/mol. The summed E-state index contributed by atoms with van der Waals surface area (Å²) in [4.78, 5) is 12.1. The summed E-state index contributed by atoms with van der Waals surface area (Å²) in [6.45, 7) is 0. The van der Waals surface area contributed by atoms with Crippen LogP contribution >= 0.6 is 11.6 Å². The molecule has 0 saturated heterocycles. The summed E-state index contributed by atoms with van der Waals surface area (Å²) in [7, 11) is 1.72. The van der Waals surface area contributed by atoms with E-state index in [1.165, 1.54) is 19.3 Å². The minimum Gasteiger partial charge on any atom is -0.378 e. The fourth-order valence-corrected chi connectivity index (χ4v) is 3.53. The molecular weight excluding hydrogens is 250 g/mol. The molecule has 2 unspecified atom stereocenters. The Bertz CT molecular complexity index is 286. The highest BCUT2D eigenvalue weighted by molar-refractivity contribution is 6.18. The first-order valence-corrected chi connectivity index (χ1v) is 7.63. The lowest BCUT2D eigenvalue weighted by Gasteiger charge is -2.40. The summed E-state index contributed by atoms with van der Waals surface area (Å²) in [6.07, 6.45) is 8.37. The Balaban J connectivity index is 1.82. The lowest BCUT2D eigenvalue weighted by molar-refractivity contribution is -0.135. The number of hydrogen-bond acceptors (Lipinski definition) is 2. The quantitative estimate of drug-likeness (QED) is 0.783. The van der Waals surface area contributed by atoms with Crippen molar-refractivity contribution in [2.75, 3.05) is 13.0 Å². The highest BCUT2D eigenvalue weighted by atomic mass is 35.5. The van der Waals surface area contributed by atoms with Crippen LogP contribution in [-0.2, 0) is 9.53 Å². The van der Waals surface area contributed by atoms with Gasteiger partial charge in [0.15, 0.2) is 0 Å². The second kappa shape index (κ2) is 6.25. The summed E-state index contributed by atoms with van der Waals surface area (Å²) >= 11 is 5.98. The molecule has 1 N–H and O–H groups in total. The fraction of sp³-hybridized carbons (Fsp3) is 0.929. The van der Waals surface area contributed by atoms with E-state index < -0.39 is 0 Å². The zero-order valence-corrected chi connectivity index (χ0v) is 12.0. The van der Waals surface area contributed by atoms with Gasteiger partial charge < -0.3 is 10.1 Å². The highest BCUT2D eigenvalue weighted by Gasteiger charge is 2.39. The molecule has 3 nitrogen and oxygen atoms in total. The zero-order chi connectivity index (χ0) is 13.0. The predicted octanol–water partition coefficient (Wildman–Crippen LogP) is 2.86. The van der Waals surface area contributed by atoms with E-state index in [9.17, 15) is 4.79 Å². The Morgan fingerprint density at radius 2 is 2.06 bits per heavy atom. The molecule has 0 aromatic heterocycles. The van der Waals surface area contributed by atoms with Gasteiger partial charge in [-0.1, -0.05) is 12.8 Å². The van der Waals surface area contributed by atoms with Crippen LogP contribution in [0.1, 0.15) is 51.4 Å². The van der Waals surface area contributed by atoms with Crippen molar-refractivity contribution in [2.24, 2.45) is 5.92 Å². The minimum absolute atomic E-state index is 0.138. The Hall–Kier alpha value is -0.280. The number of rotatable bonds is 5. The minimum atomic E-state index is -0.171. The van der Waals surface area contributed by atoms with Crippen molar-refractivity contribution in [3.05, 3.63) is 0 Å². The maximum atomic E-state index is 12.1. The number of carbonyl (C=O) groups excluding carboxylic acids is 1. The van der Waals surface area contributed by atoms with E-state index in [-0.39, 0.29) is 17.6 Å². The number of hydrogen-bond donors (Lipinski definition) is 1. The average Bonchev–Trinajstić information content (AvgIpc) is 2.34. The van der Waals surface area contributed by atoms with Gasteiger partial charge in [0.2, 0.25) is 5.91 Å². The standard InChI is InChI=1S/C14H24ClNO2/c1-18-14(7-4-8-14)9-13(17)16-12-6-3-2-5-11(12)10-15/h11-12H,2-10H2,1H3,(H,16,17). The number of ether oxygens (including phenoxy) is 1. The molecule has 18 heavy (non-hydrogen) atoms. The van der Waals surface area contributed by atoms with Crippen molar-refractivity contribution in [1.82, 2.24) is 5.32 Å². The summed E-state index contributed by atoms with van der Waals surface area (Å²) < 4.78 is 5.50. The van der Waals surface area contributed by atoms with E-state index in [1.807, 2.05) is 0 Å². The van der Waals surface area contributed by atoms with E-state index in [1.54, 1.807) is 7.11 Å². The maximum Gasteiger partial charge on any atom is 0.223 e. The number of methoxy groups -OCH3 is 1. The second-order valence-electron chi connectivity index (χ2n) is 5.79. The summed E-state index contributed by atoms with van der Waals surface area (Å²) in [5, 5.41) is 3.17. The van der Waals surface area contributed by atoms with Gasteiger partial charge >= 0.3 is 0 Å². The number of nitrogens with one attached hydrogen (secondary N) is 1. The predicted molar refractivity (Wildman–Crippen MR) is 72.8 cm³/mol. The summed E-state index contributed by atoms with van der Waals surface area (Å²) in [6, 6.07) is 0.276. The van der Waals surface area contributed by atoms with Crippen LogP contribution in [0, 0.1) is 5.92 Å². The van der Waals surface area contributed by atoms with Crippen LogP contribution in [0.25, 0.3) is 0 Å². The zero-order valence-electron chi connectivity index (χ0n) is 11.2. The third-order valence-corrected chi connectivity index (χ3v) is 5.03. The maximum absolute atomic E-state index is 12.1. The first-order chi connectivity index (χ1) is 8.69. The van der Waals surface area contributed by atoms with Crippen molar-refractivity contribution in [2.45, 2.75) is 63.0 Å². The lowest BCUT2D eigenvalue weighted by Crippen LogP contribution is -2.48. The smallest absolute Gasteiger partial charge is 0.223 e. The van der Waals surface area contributed by atoms with Crippen LogP contribution in [0.4, 0.5) is 0 Å². The van der Waals surface area contributed by atoms with E-state index >= 15 is 0 Å². The third kappa shape index (κ3) is 3.18. The Labute approximate surface area is 115 Å². The topological polar surface area (TPSA) is 38.3 Å². The number of halogens is 1. The number of alkyl halides is 1. The molecule has 104 valence electrons. The van der Waals surface area contributed by atoms with Gasteiger partial charge in [-0.2, -0.15) is 0 Å². The third-order valence-electron chi connectivity index (χ3n) is 4.63. The van der Waals surface area contributed by atoms with Gasteiger partial charge in [0.25, 0.3) is 0 Å². The molecule has 1 amide bonds. The SMILES string of the molecule is COC1(CC(=O)NC2CCCCC2CCl)CCC1. The van der Waals surface area contributed by atoms with Crippen molar-refractivity contribution >= 4 is 17.5 Å². The first kappa shape index (κ1) is 14.1. The van der Waals surface area contributed by atoms with Gasteiger partial charge in [-0.25, -0.2) is 0 Å². The molecule has 2 atom stereocenters. The molecule has 2 fully saturated rings. The van der Waals surface area contributed by atoms with E-state index in [4.69, 9.17) is 16.3 Å². The normalized spacial score (nSPS) is 30.6. The van der Waals surface area contributed by atoms with Crippen LogP contribution < -0.4 is 5.32 Å². The van der Waals surface area contributed by atoms with Gasteiger partial charge in [-0.3, -0.25) is 4.79 Å². The summed E-state index contributed by atoms with van der Waals surface area (Å²) in [5.74, 6) is 1.24. The van der Waals surface area contributed by atoms with E-state index in [2.05, 4.69) is 5.32 Å². The van der Waals surface area contributed by atoms with E-state index in [0.717, 1.165) is 25.7 Å². The van der Waals surface area contributed by atoms with Crippen molar-refractivity contribution in [3.63, 3.8) is 0 Å². The lowest BCUT2D eigenvalue weighted by atomic mass is 9.77. The Kier molecular flexibility index (Phi) is 4.91. The number of carbonyl (C=O) groups is 1. The largest absolute Gasteiger partial charge is 0.378 e. The van der Waals surface area contributed by atoms with Gasteiger partial charge in [0.1, 0.15) is 0 Å². The van der Waals surface area contributed by atoms with E-state index in [0.29, 0.717) is 18.2 Å². The van der Waals surface area contributed by atoms with Crippen LogP contribution in [0.2, 0.25) is 0 Å². The molecule has 4 heteroatoms. The van der Waals surface area contributed by atoms with Gasteiger partial charge in [-0.05, 0) is 38.0 Å². The van der Waals surface area contributed by atoms with Gasteiger partial charge in [0.05, 0.1) is 12.0 Å². The molecule has 2 aliphatic rings. The second-order valence-corrected chi connectivity index (χ2v) is 6.10. The molecule has 0 bridgehead atoms. The van der Waals surface area contributed by atoms with Crippen LogP contribution in [-0.4, -0.2) is 30.5 Å². The molecule has 2 rings (SSSR count). The Morgan fingerprint density at radius 3 is 2.61 bits per heavy atom. The molecule has 0 radical (unpaired) electrons. The van der Waals surface area contributed by atoms with Gasteiger partial charge in [0, 0.05) is 19.0 Å². The van der Waals surface area contributed by atoms with Crippen LogP contribution in [0.15, 0.2) is 0 Å². The number of amides is 1. The molecule has 2 aliphatic carbocycles. The Morgan fingerprint density at radius 1 is 1.33 bits per heavy atom. The first-order valence-electron chi connectivity index (χ1n) is 7.09. The molecule has 0 heterocycles. The summed E-state index contributed by atoms with van der Waals surface area (Å²) in [5.41, 5.74) is -0.171. The fourth-order valence-electron chi connectivity index (χ4n) is 3.16. The molecule has 0 spiro atoms. The van der Waals surface area contributed by atoms with Crippen molar-refractivity contribution in [3.8, 4) is 0 Å².